The van der Waals surface area contributed by atoms with Gasteiger partial charge in [0.15, 0.2) is 0 Å². The second-order valence-corrected chi connectivity index (χ2v) is 6.17. The number of carbonyl (C=O) groups is 3. The molecule has 1 aromatic carbocycles. The van der Waals surface area contributed by atoms with Crippen LogP contribution >= 0.6 is 0 Å². The lowest BCUT2D eigenvalue weighted by molar-refractivity contribution is -0.140. The van der Waals surface area contributed by atoms with E-state index in [1.807, 2.05) is 0 Å². The van der Waals surface area contributed by atoms with Gasteiger partial charge in [0.05, 0.1) is 11.8 Å². The maximum Gasteiger partial charge on any atom is 0.234 e. The molecule has 0 N–H and O–H groups in total. The molecule has 1 aliphatic heterocycles. The van der Waals surface area contributed by atoms with Crippen LogP contribution in [0.15, 0.2) is 24.3 Å². The van der Waals surface area contributed by atoms with Crippen LogP contribution < -0.4 is 4.90 Å². The number of imide groups is 1. The van der Waals surface area contributed by atoms with Crippen LogP contribution in [0.4, 0.5) is 10.1 Å². The Labute approximate surface area is 134 Å². The Hall–Kier alpha value is -2.24. The van der Waals surface area contributed by atoms with E-state index in [9.17, 15) is 18.8 Å². The summed E-state index contributed by atoms with van der Waals surface area (Å²) >= 11 is 0. The first-order chi connectivity index (χ1) is 11.0. The van der Waals surface area contributed by atoms with Crippen molar-refractivity contribution in [2.24, 2.45) is 11.8 Å². The fourth-order valence-electron chi connectivity index (χ4n) is 3.50. The average Bonchev–Trinajstić information content (AvgIpc) is 2.78. The van der Waals surface area contributed by atoms with E-state index in [2.05, 4.69) is 0 Å². The van der Waals surface area contributed by atoms with Crippen LogP contribution in [0.5, 0.6) is 0 Å². The first-order valence-electron chi connectivity index (χ1n) is 7.88. The van der Waals surface area contributed by atoms with Crippen molar-refractivity contribution >= 4 is 23.4 Å². The normalized spacial score (nSPS) is 23.8. The molecule has 1 aliphatic carbocycles. The van der Waals surface area contributed by atoms with Gasteiger partial charge < -0.3 is 0 Å². The number of likely N-dealkylation sites (tertiary alicyclic amines) is 1. The van der Waals surface area contributed by atoms with Crippen molar-refractivity contribution < 1.29 is 18.8 Å². The van der Waals surface area contributed by atoms with Crippen LogP contribution in [0, 0.1) is 17.7 Å². The molecule has 1 heterocycles. The third-order valence-corrected chi connectivity index (χ3v) is 4.73. The molecule has 2 aliphatic rings. The van der Waals surface area contributed by atoms with Gasteiger partial charge >= 0.3 is 0 Å². The van der Waals surface area contributed by atoms with Crippen LogP contribution in [0.3, 0.4) is 0 Å². The number of benzene rings is 1. The van der Waals surface area contributed by atoms with Gasteiger partial charge in [-0.3, -0.25) is 24.2 Å². The number of fused-ring (bicyclic) bond motifs is 1. The predicted molar refractivity (Wildman–Crippen MR) is 81.7 cm³/mol. The van der Waals surface area contributed by atoms with Gasteiger partial charge in [-0.2, -0.15) is 0 Å². The number of anilines is 1. The second kappa shape index (κ2) is 6.10. The van der Waals surface area contributed by atoms with Gasteiger partial charge in [-0.15, -0.1) is 0 Å². The third kappa shape index (κ3) is 2.85. The van der Waals surface area contributed by atoms with Crippen molar-refractivity contribution in [1.82, 2.24) is 4.90 Å². The van der Waals surface area contributed by atoms with Crippen molar-refractivity contribution in [2.75, 3.05) is 11.6 Å². The van der Waals surface area contributed by atoms with Gasteiger partial charge in [-0.05, 0) is 37.1 Å². The SMILES string of the molecule is CC(=O)N(CN1C(=O)C2CCCCC2C1=O)c1ccc(F)cc1. The Balaban J connectivity index is 1.83. The standard InChI is InChI=1S/C17H19FN2O3/c1-11(21)19(13-8-6-12(18)7-9-13)10-20-16(22)14-4-2-3-5-15(14)17(20)23/h6-9,14-15H,2-5,10H2,1H3. The van der Waals surface area contributed by atoms with Crippen LogP contribution in [0.1, 0.15) is 32.6 Å². The van der Waals surface area contributed by atoms with Crippen molar-refractivity contribution in [1.29, 1.82) is 0 Å². The molecular weight excluding hydrogens is 299 g/mol. The molecule has 3 amide bonds. The molecule has 1 saturated carbocycles. The highest BCUT2D eigenvalue weighted by Crippen LogP contribution is 2.38. The summed E-state index contributed by atoms with van der Waals surface area (Å²) in [6, 6.07) is 5.43. The third-order valence-electron chi connectivity index (χ3n) is 4.73. The fraction of sp³-hybridized carbons (Fsp3) is 0.471. The Morgan fingerprint density at radius 1 is 1.13 bits per heavy atom. The van der Waals surface area contributed by atoms with Crippen molar-refractivity contribution in [3.8, 4) is 0 Å². The average molecular weight is 318 g/mol. The highest BCUT2D eigenvalue weighted by atomic mass is 19.1. The number of hydrogen-bond donors (Lipinski definition) is 0. The zero-order valence-electron chi connectivity index (χ0n) is 13.0. The van der Waals surface area contributed by atoms with E-state index in [0.29, 0.717) is 5.69 Å². The minimum atomic E-state index is -0.406. The molecule has 122 valence electrons. The van der Waals surface area contributed by atoms with E-state index in [1.54, 1.807) is 0 Å². The lowest BCUT2D eigenvalue weighted by atomic mass is 9.81. The zero-order valence-corrected chi connectivity index (χ0v) is 13.0. The molecule has 0 aromatic heterocycles. The second-order valence-electron chi connectivity index (χ2n) is 6.17. The Morgan fingerprint density at radius 2 is 1.65 bits per heavy atom. The van der Waals surface area contributed by atoms with Crippen molar-refractivity contribution in [3.63, 3.8) is 0 Å². The van der Waals surface area contributed by atoms with Gasteiger partial charge in [0, 0.05) is 12.6 Å². The number of amides is 3. The molecular formula is C17H19FN2O3. The Bertz CT molecular complexity index is 620. The predicted octanol–water partition coefficient (Wildman–Crippen LogP) is 2.31. The lowest BCUT2D eigenvalue weighted by Gasteiger charge is -2.26. The van der Waals surface area contributed by atoms with E-state index in [-0.39, 0.29) is 36.2 Å². The summed E-state index contributed by atoms with van der Waals surface area (Å²) in [5, 5.41) is 0. The number of hydrogen-bond acceptors (Lipinski definition) is 3. The highest BCUT2D eigenvalue weighted by molar-refractivity contribution is 6.06. The molecule has 6 heteroatoms. The fourth-order valence-corrected chi connectivity index (χ4v) is 3.50. The Kier molecular flexibility index (Phi) is 4.15. The molecule has 2 atom stereocenters. The Morgan fingerprint density at radius 3 is 2.13 bits per heavy atom. The summed E-state index contributed by atoms with van der Waals surface area (Å²) in [4.78, 5) is 39.4. The first kappa shape index (κ1) is 15.6. The molecule has 2 unspecified atom stereocenters. The maximum atomic E-state index is 13.1. The molecule has 2 fully saturated rings. The zero-order chi connectivity index (χ0) is 16.6. The summed E-state index contributed by atoms with van der Waals surface area (Å²) in [7, 11) is 0. The van der Waals surface area contributed by atoms with Crippen molar-refractivity contribution in [2.45, 2.75) is 32.6 Å². The van der Waals surface area contributed by atoms with Gasteiger partial charge in [0.25, 0.3) is 0 Å². The summed E-state index contributed by atoms with van der Waals surface area (Å²) in [6.07, 6.45) is 3.40. The lowest BCUT2D eigenvalue weighted by Crippen LogP contribution is -2.44. The smallest absolute Gasteiger partial charge is 0.234 e. The molecule has 1 saturated heterocycles. The monoisotopic (exact) mass is 318 g/mol. The largest absolute Gasteiger partial charge is 0.294 e. The number of nitrogens with zero attached hydrogens (tertiary/aromatic N) is 2. The van der Waals surface area contributed by atoms with Gasteiger partial charge in [-0.25, -0.2) is 4.39 Å². The summed E-state index contributed by atoms with van der Waals surface area (Å²) in [5.74, 6) is -1.55. The minimum absolute atomic E-state index is 0.106. The maximum absolute atomic E-state index is 13.1. The van der Waals surface area contributed by atoms with Gasteiger partial charge in [-0.1, -0.05) is 12.8 Å². The van der Waals surface area contributed by atoms with Crippen LogP contribution in [-0.2, 0) is 14.4 Å². The van der Waals surface area contributed by atoms with Crippen LogP contribution in [-0.4, -0.2) is 29.3 Å². The summed E-state index contributed by atoms with van der Waals surface area (Å²) < 4.78 is 13.1. The van der Waals surface area contributed by atoms with E-state index < -0.39 is 5.82 Å². The van der Waals surface area contributed by atoms with Crippen LogP contribution in [0.2, 0.25) is 0 Å². The number of rotatable bonds is 3. The molecule has 0 radical (unpaired) electrons. The molecule has 3 rings (SSSR count). The number of carbonyl (C=O) groups excluding carboxylic acids is 3. The van der Waals surface area contributed by atoms with E-state index >= 15 is 0 Å². The molecule has 0 spiro atoms. The molecule has 1 aromatic rings. The first-order valence-corrected chi connectivity index (χ1v) is 7.88. The number of halogens is 1. The van der Waals surface area contributed by atoms with Crippen LogP contribution in [0.25, 0.3) is 0 Å². The van der Waals surface area contributed by atoms with Gasteiger partial charge in [0.1, 0.15) is 12.5 Å². The highest BCUT2D eigenvalue weighted by Gasteiger charge is 2.48. The molecule has 23 heavy (non-hydrogen) atoms. The van der Waals surface area contributed by atoms with Crippen molar-refractivity contribution in [3.05, 3.63) is 30.1 Å². The summed E-state index contributed by atoms with van der Waals surface area (Å²) in [6.45, 7) is 1.26. The summed E-state index contributed by atoms with van der Waals surface area (Å²) in [5.41, 5.74) is 0.467. The van der Waals surface area contributed by atoms with Gasteiger partial charge in [0.2, 0.25) is 17.7 Å². The minimum Gasteiger partial charge on any atom is -0.294 e. The quantitative estimate of drug-likeness (QED) is 0.804. The molecule has 5 nitrogen and oxygen atoms in total. The molecule has 0 bridgehead atoms. The van der Waals surface area contributed by atoms with E-state index in [1.165, 1.54) is 41.0 Å². The van der Waals surface area contributed by atoms with E-state index in [0.717, 1.165) is 25.7 Å². The van der Waals surface area contributed by atoms with E-state index in [4.69, 9.17) is 0 Å². The topological polar surface area (TPSA) is 57.7 Å².